The SMILES string of the molecule is CCn1ncnc1CNc1ccsc1. The molecule has 4 nitrogen and oxygen atoms in total. The van der Waals surface area contributed by atoms with E-state index in [1.165, 1.54) is 0 Å². The van der Waals surface area contributed by atoms with Crippen LogP contribution in [0.25, 0.3) is 0 Å². The Bertz CT molecular complexity index is 379. The van der Waals surface area contributed by atoms with Crippen molar-refractivity contribution < 1.29 is 0 Å². The van der Waals surface area contributed by atoms with Crippen LogP contribution in [0.2, 0.25) is 0 Å². The summed E-state index contributed by atoms with van der Waals surface area (Å²) in [5, 5.41) is 11.5. The first-order valence-corrected chi connectivity index (χ1v) is 5.47. The van der Waals surface area contributed by atoms with E-state index in [9.17, 15) is 0 Å². The summed E-state index contributed by atoms with van der Waals surface area (Å²) in [6.45, 7) is 3.65. The van der Waals surface area contributed by atoms with Gasteiger partial charge in [0.1, 0.15) is 12.2 Å². The molecule has 0 aromatic carbocycles. The second kappa shape index (κ2) is 4.23. The number of thiophene rings is 1. The summed E-state index contributed by atoms with van der Waals surface area (Å²) in [5.41, 5.74) is 1.14. The summed E-state index contributed by atoms with van der Waals surface area (Å²) >= 11 is 1.68. The molecule has 0 bridgehead atoms. The van der Waals surface area contributed by atoms with Crippen molar-refractivity contribution in [1.82, 2.24) is 14.8 Å². The van der Waals surface area contributed by atoms with Crippen molar-refractivity contribution in [3.8, 4) is 0 Å². The largest absolute Gasteiger partial charge is 0.377 e. The van der Waals surface area contributed by atoms with E-state index in [0.717, 1.165) is 24.6 Å². The standard InChI is InChI=1S/C9H12N4S/c1-2-13-9(11-7-12-13)5-10-8-3-4-14-6-8/h3-4,6-7,10H,2,5H2,1H3. The van der Waals surface area contributed by atoms with E-state index in [0.29, 0.717) is 0 Å². The van der Waals surface area contributed by atoms with Gasteiger partial charge in [0.15, 0.2) is 0 Å². The topological polar surface area (TPSA) is 42.7 Å². The molecule has 2 heterocycles. The molecule has 0 saturated carbocycles. The molecular weight excluding hydrogens is 196 g/mol. The lowest BCUT2D eigenvalue weighted by Crippen LogP contribution is -2.08. The van der Waals surface area contributed by atoms with Gasteiger partial charge >= 0.3 is 0 Å². The van der Waals surface area contributed by atoms with Crippen molar-refractivity contribution in [1.29, 1.82) is 0 Å². The third kappa shape index (κ3) is 1.93. The molecule has 0 saturated heterocycles. The van der Waals surface area contributed by atoms with Crippen LogP contribution in [-0.4, -0.2) is 14.8 Å². The van der Waals surface area contributed by atoms with E-state index < -0.39 is 0 Å². The average molecular weight is 208 g/mol. The summed E-state index contributed by atoms with van der Waals surface area (Å²) in [5.74, 6) is 0.971. The maximum Gasteiger partial charge on any atom is 0.146 e. The van der Waals surface area contributed by atoms with Gasteiger partial charge in [0.05, 0.1) is 6.54 Å². The van der Waals surface area contributed by atoms with Crippen molar-refractivity contribution in [3.05, 3.63) is 29.0 Å². The molecule has 1 N–H and O–H groups in total. The number of aromatic nitrogens is 3. The molecule has 5 heteroatoms. The Morgan fingerprint density at radius 3 is 3.21 bits per heavy atom. The Hall–Kier alpha value is -1.36. The minimum Gasteiger partial charge on any atom is -0.377 e. The van der Waals surface area contributed by atoms with Gasteiger partial charge in [0.2, 0.25) is 0 Å². The molecule has 2 aromatic heterocycles. The highest BCUT2D eigenvalue weighted by molar-refractivity contribution is 7.08. The first-order valence-electron chi connectivity index (χ1n) is 4.53. The highest BCUT2D eigenvalue weighted by Gasteiger charge is 2.01. The number of anilines is 1. The van der Waals surface area contributed by atoms with Crippen LogP contribution in [0.1, 0.15) is 12.7 Å². The molecule has 0 radical (unpaired) electrons. The lowest BCUT2D eigenvalue weighted by atomic mass is 10.5. The molecule has 0 fully saturated rings. The number of rotatable bonds is 4. The molecule has 2 rings (SSSR count). The zero-order chi connectivity index (χ0) is 9.80. The van der Waals surface area contributed by atoms with Gasteiger partial charge in [-0.05, 0) is 18.4 Å². The summed E-state index contributed by atoms with van der Waals surface area (Å²) < 4.78 is 1.89. The molecule has 0 aliphatic heterocycles. The number of nitrogens with zero attached hydrogens (tertiary/aromatic N) is 3. The number of aryl methyl sites for hydroxylation is 1. The van der Waals surface area contributed by atoms with Gasteiger partial charge in [-0.1, -0.05) is 0 Å². The number of hydrogen-bond donors (Lipinski definition) is 1. The lowest BCUT2D eigenvalue weighted by Gasteiger charge is -2.04. The second-order valence-electron chi connectivity index (χ2n) is 2.86. The normalized spacial score (nSPS) is 10.4. The minimum absolute atomic E-state index is 0.727. The Kier molecular flexibility index (Phi) is 2.78. The summed E-state index contributed by atoms with van der Waals surface area (Å²) in [6, 6.07) is 2.05. The van der Waals surface area contributed by atoms with E-state index in [1.807, 2.05) is 10.1 Å². The highest BCUT2D eigenvalue weighted by atomic mass is 32.1. The van der Waals surface area contributed by atoms with Gasteiger partial charge in [-0.25, -0.2) is 9.67 Å². The van der Waals surface area contributed by atoms with Crippen LogP contribution in [0.4, 0.5) is 5.69 Å². The van der Waals surface area contributed by atoms with Crippen LogP contribution >= 0.6 is 11.3 Å². The first kappa shape index (κ1) is 9.21. The molecule has 0 aliphatic carbocycles. The second-order valence-corrected chi connectivity index (χ2v) is 3.64. The molecule has 0 spiro atoms. The van der Waals surface area contributed by atoms with Crippen LogP contribution in [0.3, 0.4) is 0 Å². The summed E-state index contributed by atoms with van der Waals surface area (Å²) in [7, 11) is 0. The van der Waals surface area contributed by atoms with E-state index in [4.69, 9.17) is 0 Å². The van der Waals surface area contributed by atoms with Gasteiger partial charge in [0.25, 0.3) is 0 Å². The Morgan fingerprint density at radius 1 is 1.57 bits per heavy atom. The van der Waals surface area contributed by atoms with Gasteiger partial charge in [-0.3, -0.25) is 0 Å². The van der Waals surface area contributed by atoms with Gasteiger partial charge < -0.3 is 5.32 Å². The number of hydrogen-bond acceptors (Lipinski definition) is 4. The molecule has 14 heavy (non-hydrogen) atoms. The van der Waals surface area contributed by atoms with Crippen LogP contribution in [0.15, 0.2) is 23.2 Å². The van der Waals surface area contributed by atoms with Crippen molar-refractivity contribution >= 4 is 17.0 Å². The molecule has 0 aliphatic rings. The molecule has 2 aromatic rings. The van der Waals surface area contributed by atoms with Crippen molar-refractivity contribution in [2.24, 2.45) is 0 Å². The van der Waals surface area contributed by atoms with E-state index >= 15 is 0 Å². The number of nitrogens with one attached hydrogen (secondary N) is 1. The van der Waals surface area contributed by atoms with E-state index in [-0.39, 0.29) is 0 Å². The van der Waals surface area contributed by atoms with E-state index in [1.54, 1.807) is 17.7 Å². The smallest absolute Gasteiger partial charge is 0.146 e. The fourth-order valence-corrected chi connectivity index (χ4v) is 1.85. The maximum atomic E-state index is 4.18. The zero-order valence-corrected chi connectivity index (χ0v) is 8.79. The first-order chi connectivity index (χ1) is 6.90. The monoisotopic (exact) mass is 208 g/mol. The van der Waals surface area contributed by atoms with Crippen LogP contribution < -0.4 is 5.32 Å². The molecule has 0 atom stereocenters. The third-order valence-electron chi connectivity index (χ3n) is 1.97. The summed E-state index contributed by atoms with van der Waals surface area (Å²) in [4.78, 5) is 4.18. The predicted octanol–water partition coefficient (Wildman–Crippen LogP) is 1.97. The quantitative estimate of drug-likeness (QED) is 0.835. The Balaban J connectivity index is 1.98. The minimum atomic E-state index is 0.727. The van der Waals surface area contributed by atoms with E-state index in [2.05, 4.69) is 33.8 Å². The average Bonchev–Trinajstić information content (AvgIpc) is 2.85. The zero-order valence-electron chi connectivity index (χ0n) is 7.97. The van der Waals surface area contributed by atoms with Gasteiger partial charge in [-0.15, -0.1) is 0 Å². The fraction of sp³-hybridized carbons (Fsp3) is 0.333. The third-order valence-corrected chi connectivity index (χ3v) is 2.65. The van der Waals surface area contributed by atoms with Crippen molar-refractivity contribution in [2.75, 3.05) is 5.32 Å². The Labute approximate surface area is 86.6 Å². The highest BCUT2D eigenvalue weighted by Crippen LogP contribution is 2.12. The maximum absolute atomic E-state index is 4.18. The molecule has 74 valence electrons. The fourth-order valence-electron chi connectivity index (χ4n) is 1.24. The predicted molar refractivity (Wildman–Crippen MR) is 57.3 cm³/mol. The van der Waals surface area contributed by atoms with Crippen molar-refractivity contribution in [3.63, 3.8) is 0 Å². The molecule has 0 unspecified atom stereocenters. The lowest BCUT2D eigenvalue weighted by molar-refractivity contribution is 0.622. The van der Waals surface area contributed by atoms with Crippen LogP contribution in [0, 0.1) is 0 Å². The van der Waals surface area contributed by atoms with Gasteiger partial charge in [-0.2, -0.15) is 16.4 Å². The van der Waals surface area contributed by atoms with Gasteiger partial charge in [0, 0.05) is 17.6 Å². The molecular formula is C9H12N4S. The Morgan fingerprint density at radius 2 is 2.50 bits per heavy atom. The van der Waals surface area contributed by atoms with Crippen LogP contribution in [0.5, 0.6) is 0 Å². The molecule has 0 amide bonds. The van der Waals surface area contributed by atoms with Crippen LogP contribution in [-0.2, 0) is 13.1 Å². The van der Waals surface area contributed by atoms with Crippen molar-refractivity contribution in [2.45, 2.75) is 20.0 Å². The summed E-state index contributed by atoms with van der Waals surface area (Å²) in [6.07, 6.45) is 1.59.